The zero-order valence-electron chi connectivity index (χ0n) is 12.8. The lowest BCUT2D eigenvalue weighted by molar-refractivity contribution is -0.130. The highest BCUT2D eigenvalue weighted by atomic mass is 35.5. The normalized spacial score (nSPS) is 25.5. The van der Waals surface area contributed by atoms with Crippen molar-refractivity contribution in [3.05, 3.63) is 29.0 Å². The van der Waals surface area contributed by atoms with Crippen LogP contribution < -0.4 is 5.73 Å². The van der Waals surface area contributed by atoms with Crippen LogP contribution in [0.1, 0.15) is 36.2 Å². The highest BCUT2D eigenvalue weighted by molar-refractivity contribution is 6.33. The van der Waals surface area contributed by atoms with Gasteiger partial charge in [-0.15, -0.1) is 0 Å². The van der Waals surface area contributed by atoms with E-state index in [2.05, 4.69) is 4.98 Å². The Kier molecular flexibility index (Phi) is 4.82. The third-order valence-corrected chi connectivity index (χ3v) is 4.99. The van der Waals surface area contributed by atoms with Gasteiger partial charge in [0.05, 0.1) is 11.1 Å². The SMILES string of the molecule is NC(=O)[C@H]1CC[C@@H](C2CCN(C(=O)c3ncccc3Cl)CC2)O1. The molecule has 124 valence electrons. The highest BCUT2D eigenvalue weighted by Crippen LogP contribution is 2.32. The monoisotopic (exact) mass is 337 g/mol. The van der Waals surface area contributed by atoms with Gasteiger partial charge in [0, 0.05) is 19.3 Å². The van der Waals surface area contributed by atoms with Crippen molar-refractivity contribution in [3.8, 4) is 0 Å². The number of nitrogens with two attached hydrogens (primary N) is 1. The van der Waals surface area contributed by atoms with Crippen LogP contribution in [0.2, 0.25) is 5.02 Å². The minimum atomic E-state index is -0.452. The molecule has 2 amide bonds. The number of aromatic nitrogens is 1. The van der Waals surface area contributed by atoms with Gasteiger partial charge >= 0.3 is 0 Å². The highest BCUT2D eigenvalue weighted by Gasteiger charge is 2.36. The van der Waals surface area contributed by atoms with E-state index < -0.39 is 6.10 Å². The molecule has 2 aliphatic rings. The van der Waals surface area contributed by atoms with Gasteiger partial charge in [-0.1, -0.05) is 11.6 Å². The van der Waals surface area contributed by atoms with Crippen molar-refractivity contribution in [2.45, 2.75) is 37.9 Å². The van der Waals surface area contributed by atoms with Gasteiger partial charge in [0.2, 0.25) is 5.91 Å². The summed E-state index contributed by atoms with van der Waals surface area (Å²) in [6, 6.07) is 3.38. The first-order valence-corrected chi connectivity index (χ1v) is 8.28. The second kappa shape index (κ2) is 6.84. The third kappa shape index (κ3) is 3.48. The molecule has 2 aliphatic heterocycles. The smallest absolute Gasteiger partial charge is 0.273 e. The quantitative estimate of drug-likeness (QED) is 0.908. The standard InChI is InChI=1S/C16H20ClN3O3/c17-11-2-1-7-19-14(11)16(22)20-8-5-10(6-9-20)12-3-4-13(23-12)15(18)21/h1-2,7,10,12-13H,3-6,8-9H2,(H2,18,21)/t12-,13+/m0/s1. The summed E-state index contributed by atoms with van der Waals surface area (Å²) in [5.74, 6) is -0.149. The molecule has 0 spiro atoms. The summed E-state index contributed by atoms with van der Waals surface area (Å²) in [7, 11) is 0. The van der Waals surface area contributed by atoms with Gasteiger partial charge in [-0.25, -0.2) is 4.98 Å². The molecular weight excluding hydrogens is 318 g/mol. The molecule has 0 bridgehead atoms. The van der Waals surface area contributed by atoms with Crippen LogP contribution in [0, 0.1) is 5.92 Å². The molecule has 2 saturated heterocycles. The van der Waals surface area contributed by atoms with E-state index in [1.807, 2.05) is 0 Å². The molecule has 2 fully saturated rings. The van der Waals surface area contributed by atoms with E-state index in [9.17, 15) is 9.59 Å². The van der Waals surface area contributed by atoms with E-state index in [4.69, 9.17) is 22.1 Å². The van der Waals surface area contributed by atoms with Gasteiger partial charge in [-0.05, 0) is 43.7 Å². The number of pyridine rings is 1. The first-order valence-electron chi connectivity index (χ1n) is 7.91. The van der Waals surface area contributed by atoms with Gasteiger partial charge in [-0.3, -0.25) is 9.59 Å². The Labute approximate surface area is 139 Å². The van der Waals surface area contributed by atoms with E-state index in [0.29, 0.717) is 36.1 Å². The summed E-state index contributed by atoms with van der Waals surface area (Å²) in [5.41, 5.74) is 5.60. The maximum Gasteiger partial charge on any atom is 0.273 e. The van der Waals surface area contributed by atoms with Gasteiger partial charge in [0.15, 0.2) is 0 Å². The molecule has 0 radical (unpaired) electrons. The maximum atomic E-state index is 12.5. The number of halogens is 1. The molecule has 23 heavy (non-hydrogen) atoms. The van der Waals surface area contributed by atoms with E-state index in [0.717, 1.165) is 19.3 Å². The number of ether oxygens (including phenoxy) is 1. The predicted molar refractivity (Wildman–Crippen MR) is 85.0 cm³/mol. The molecule has 2 N–H and O–H groups in total. The number of rotatable bonds is 3. The van der Waals surface area contributed by atoms with Crippen LogP contribution >= 0.6 is 11.6 Å². The molecule has 0 unspecified atom stereocenters. The van der Waals surface area contributed by atoms with Gasteiger partial charge in [-0.2, -0.15) is 0 Å². The summed E-state index contributed by atoms with van der Waals surface area (Å²) in [6.07, 6.45) is 4.46. The first kappa shape index (κ1) is 16.2. The lowest BCUT2D eigenvalue weighted by Gasteiger charge is -2.34. The molecule has 6 nitrogen and oxygen atoms in total. The molecular formula is C16H20ClN3O3. The summed E-state index contributed by atoms with van der Waals surface area (Å²) >= 11 is 6.04. The van der Waals surface area contributed by atoms with Gasteiger partial charge in [0.25, 0.3) is 5.91 Å². The second-order valence-electron chi connectivity index (χ2n) is 6.11. The fraction of sp³-hybridized carbons (Fsp3) is 0.562. The third-order valence-electron chi connectivity index (χ3n) is 4.68. The topological polar surface area (TPSA) is 85.5 Å². The Morgan fingerprint density at radius 2 is 2.00 bits per heavy atom. The number of hydrogen-bond acceptors (Lipinski definition) is 4. The van der Waals surface area contributed by atoms with E-state index in [1.165, 1.54) is 0 Å². The summed E-state index contributed by atoms with van der Waals surface area (Å²) in [6.45, 7) is 1.30. The Morgan fingerprint density at radius 3 is 2.61 bits per heavy atom. The number of nitrogens with zero attached hydrogens (tertiary/aromatic N) is 2. The Morgan fingerprint density at radius 1 is 1.26 bits per heavy atom. The molecule has 3 rings (SSSR count). The van der Waals surface area contributed by atoms with Crippen LogP contribution in [0.5, 0.6) is 0 Å². The largest absolute Gasteiger partial charge is 0.367 e. The fourth-order valence-electron chi connectivity index (χ4n) is 3.39. The van der Waals surface area contributed by atoms with Crippen LogP contribution in [0.25, 0.3) is 0 Å². The lowest BCUT2D eigenvalue weighted by Crippen LogP contribution is -2.42. The van der Waals surface area contributed by atoms with E-state index in [-0.39, 0.29) is 17.9 Å². The minimum absolute atomic E-state index is 0.0724. The summed E-state index contributed by atoms with van der Waals surface area (Å²) in [4.78, 5) is 29.5. The van der Waals surface area contributed by atoms with Crippen molar-refractivity contribution < 1.29 is 14.3 Å². The number of carbonyl (C=O) groups is 2. The molecule has 0 aliphatic carbocycles. The molecule has 2 atom stereocenters. The van der Waals surface area contributed by atoms with E-state index >= 15 is 0 Å². The number of likely N-dealkylation sites (tertiary alicyclic amines) is 1. The van der Waals surface area contributed by atoms with Crippen LogP contribution in [-0.2, 0) is 9.53 Å². The second-order valence-corrected chi connectivity index (χ2v) is 6.51. The van der Waals surface area contributed by atoms with Crippen molar-refractivity contribution in [1.82, 2.24) is 9.88 Å². The Hall–Kier alpha value is -1.66. The maximum absolute atomic E-state index is 12.5. The van der Waals surface area contributed by atoms with Crippen LogP contribution in [0.3, 0.4) is 0 Å². The number of primary amides is 1. The average molecular weight is 338 g/mol. The first-order chi connectivity index (χ1) is 11.1. The van der Waals surface area contributed by atoms with Crippen LogP contribution in [0.4, 0.5) is 0 Å². The number of piperidine rings is 1. The zero-order chi connectivity index (χ0) is 16.4. The minimum Gasteiger partial charge on any atom is -0.367 e. The lowest BCUT2D eigenvalue weighted by atomic mass is 9.89. The Balaban J connectivity index is 1.56. The summed E-state index contributed by atoms with van der Waals surface area (Å²) in [5, 5.41) is 0.378. The van der Waals surface area contributed by atoms with Gasteiger partial charge in [0.1, 0.15) is 11.8 Å². The predicted octanol–water partition coefficient (Wildman–Crippen LogP) is 1.62. The molecule has 3 heterocycles. The molecule has 7 heteroatoms. The molecule has 0 aromatic carbocycles. The van der Waals surface area contributed by atoms with Crippen molar-refractivity contribution in [3.63, 3.8) is 0 Å². The van der Waals surface area contributed by atoms with Crippen LogP contribution in [0.15, 0.2) is 18.3 Å². The molecule has 1 aromatic rings. The number of carbonyl (C=O) groups excluding carboxylic acids is 2. The number of hydrogen-bond donors (Lipinski definition) is 1. The fourth-order valence-corrected chi connectivity index (χ4v) is 3.59. The van der Waals surface area contributed by atoms with Gasteiger partial charge < -0.3 is 15.4 Å². The summed E-state index contributed by atoms with van der Waals surface area (Å²) < 4.78 is 5.75. The van der Waals surface area contributed by atoms with Crippen molar-refractivity contribution in [1.29, 1.82) is 0 Å². The molecule has 1 aromatic heterocycles. The van der Waals surface area contributed by atoms with Crippen molar-refractivity contribution >= 4 is 23.4 Å². The van der Waals surface area contributed by atoms with E-state index in [1.54, 1.807) is 23.2 Å². The Bertz CT molecular complexity index is 602. The average Bonchev–Trinajstić information content (AvgIpc) is 3.05. The van der Waals surface area contributed by atoms with Crippen molar-refractivity contribution in [2.75, 3.05) is 13.1 Å². The number of amides is 2. The van der Waals surface area contributed by atoms with Crippen molar-refractivity contribution in [2.24, 2.45) is 11.7 Å². The molecule has 0 saturated carbocycles. The zero-order valence-corrected chi connectivity index (χ0v) is 13.5. The van der Waals surface area contributed by atoms with Crippen LogP contribution in [-0.4, -0.2) is 47.0 Å².